The molecule has 1 unspecified atom stereocenters. The fourth-order valence-corrected chi connectivity index (χ4v) is 2.98. The predicted molar refractivity (Wildman–Crippen MR) is 81.3 cm³/mol. The molecule has 1 aromatic carbocycles. The van der Waals surface area contributed by atoms with E-state index < -0.39 is 14.9 Å². The van der Waals surface area contributed by atoms with Gasteiger partial charge in [0.15, 0.2) is 0 Å². The van der Waals surface area contributed by atoms with Crippen LogP contribution >= 0.6 is 0 Å². The van der Waals surface area contributed by atoms with Gasteiger partial charge in [-0.3, -0.25) is 10.1 Å². The molecule has 0 bridgehead atoms. The smallest absolute Gasteiger partial charge is 0.293 e. The molecule has 1 heterocycles. The van der Waals surface area contributed by atoms with Gasteiger partial charge in [0.1, 0.15) is 5.69 Å². The van der Waals surface area contributed by atoms with E-state index >= 15 is 0 Å². The van der Waals surface area contributed by atoms with Gasteiger partial charge in [-0.1, -0.05) is 6.92 Å². The fourth-order valence-electron chi connectivity index (χ4n) is 2.44. The van der Waals surface area contributed by atoms with Crippen molar-refractivity contribution in [2.45, 2.75) is 30.8 Å². The summed E-state index contributed by atoms with van der Waals surface area (Å²) in [4.78, 5) is 12.3. The third kappa shape index (κ3) is 3.37. The Hall–Kier alpha value is -1.71. The Kier molecular flexibility index (Phi) is 4.41. The first-order valence-corrected chi connectivity index (χ1v) is 8.41. The zero-order valence-electron chi connectivity index (χ0n) is 12.5. The number of primary sulfonamides is 1. The van der Waals surface area contributed by atoms with Crippen LogP contribution in [-0.4, -0.2) is 38.6 Å². The Balaban J connectivity index is 2.45. The topological polar surface area (TPSA) is 116 Å². The average molecular weight is 329 g/mol. The van der Waals surface area contributed by atoms with E-state index in [9.17, 15) is 18.5 Å². The summed E-state index contributed by atoms with van der Waals surface area (Å²) in [6.07, 6.45) is 0.770. The Labute approximate surface area is 129 Å². The normalized spacial score (nSPS) is 22.6. The molecule has 1 atom stereocenters. The summed E-state index contributed by atoms with van der Waals surface area (Å²) in [5.74, 6) is 0. The molecule has 0 saturated carbocycles. The minimum absolute atomic E-state index is 0.269. The molecule has 1 aromatic rings. The summed E-state index contributed by atoms with van der Waals surface area (Å²) in [7, 11) is -3.98. The van der Waals surface area contributed by atoms with Crippen molar-refractivity contribution in [2.75, 3.05) is 24.6 Å². The molecule has 0 aromatic heterocycles. The van der Waals surface area contributed by atoms with E-state index in [1.807, 2.05) is 18.7 Å². The van der Waals surface area contributed by atoms with Gasteiger partial charge in [-0.05, 0) is 25.5 Å². The van der Waals surface area contributed by atoms with Crippen molar-refractivity contribution in [1.82, 2.24) is 0 Å². The molecule has 2 rings (SSSR count). The first-order chi connectivity index (χ1) is 10.2. The molecule has 0 radical (unpaired) electrons. The quantitative estimate of drug-likeness (QED) is 0.656. The van der Waals surface area contributed by atoms with Crippen LogP contribution in [0.15, 0.2) is 23.1 Å². The van der Waals surface area contributed by atoms with Gasteiger partial charge < -0.3 is 9.64 Å². The lowest BCUT2D eigenvalue weighted by Crippen LogP contribution is -2.50. The highest BCUT2D eigenvalue weighted by atomic mass is 32.2. The third-order valence-corrected chi connectivity index (χ3v) is 4.81. The van der Waals surface area contributed by atoms with Crippen molar-refractivity contribution in [3.63, 3.8) is 0 Å². The lowest BCUT2D eigenvalue weighted by molar-refractivity contribution is -0.384. The molecule has 1 aliphatic rings. The van der Waals surface area contributed by atoms with Gasteiger partial charge in [-0.25, -0.2) is 13.6 Å². The maximum absolute atomic E-state index is 11.4. The zero-order chi connectivity index (χ0) is 16.5. The van der Waals surface area contributed by atoms with E-state index in [0.717, 1.165) is 12.5 Å². The van der Waals surface area contributed by atoms with Crippen LogP contribution in [0.25, 0.3) is 0 Å². The number of hydrogen-bond acceptors (Lipinski definition) is 6. The molecule has 1 aliphatic heterocycles. The number of nitrogens with two attached hydrogens (primary N) is 1. The molecule has 0 amide bonds. The minimum Gasteiger partial charge on any atom is -0.372 e. The van der Waals surface area contributed by atoms with Crippen LogP contribution in [0.4, 0.5) is 11.4 Å². The molecule has 22 heavy (non-hydrogen) atoms. The number of benzene rings is 1. The van der Waals surface area contributed by atoms with E-state index in [-0.39, 0.29) is 16.2 Å². The summed E-state index contributed by atoms with van der Waals surface area (Å²) in [6.45, 7) is 5.40. The summed E-state index contributed by atoms with van der Waals surface area (Å²) < 4.78 is 28.4. The highest BCUT2D eigenvalue weighted by Crippen LogP contribution is 2.33. The van der Waals surface area contributed by atoms with E-state index in [1.165, 1.54) is 12.1 Å². The summed E-state index contributed by atoms with van der Waals surface area (Å²) >= 11 is 0. The number of rotatable bonds is 4. The van der Waals surface area contributed by atoms with Crippen LogP contribution < -0.4 is 10.0 Å². The highest BCUT2D eigenvalue weighted by Gasteiger charge is 2.33. The number of anilines is 1. The van der Waals surface area contributed by atoms with Crippen molar-refractivity contribution in [3.05, 3.63) is 28.3 Å². The van der Waals surface area contributed by atoms with Gasteiger partial charge in [0.25, 0.3) is 5.69 Å². The Bertz CT molecular complexity index is 691. The van der Waals surface area contributed by atoms with Crippen LogP contribution in [0.3, 0.4) is 0 Å². The molecular formula is C13H19N3O5S. The minimum atomic E-state index is -3.98. The van der Waals surface area contributed by atoms with Crippen LogP contribution in [0, 0.1) is 10.1 Å². The lowest BCUT2D eigenvalue weighted by atomic mass is 10.0. The number of hydrogen-bond donors (Lipinski definition) is 1. The molecule has 122 valence electrons. The second-order valence-corrected chi connectivity index (χ2v) is 7.09. The standard InChI is InChI=1S/C13H19N3O5S/c1-3-13(2)9-15(6-7-21-13)11-5-4-10(22(14,19)20)8-12(11)16(17)18/h4-5,8H,3,6-7,9H2,1-2H3,(H2,14,19,20). The van der Waals surface area contributed by atoms with Crippen molar-refractivity contribution in [1.29, 1.82) is 0 Å². The van der Waals surface area contributed by atoms with Gasteiger partial charge in [0, 0.05) is 19.2 Å². The molecule has 2 N–H and O–H groups in total. The Morgan fingerprint density at radius 1 is 1.50 bits per heavy atom. The highest BCUT2D eigenvalue weighted by molar-refractivity contribution is 7.89. The maximum Gasteiger partial charge on any atom is 0.293 e. The predicted octanol–water partition coefficient (Wildman–Crippen LogP) is 1.25. The van der Waals surface area contributed by atoms with Gasteiger partial charge in [-0.15, -0.1) is 0 Å². The van der Waals surface area contributed by atoms with Crippen molar-refractivity contribution < 1.29 is 18.1 Å². The van der Waals surface area contributed by atoms with E-state index in [4.69, 9.17) is 9.88 Å². The SMILES string of the molecule is CCC1(C)CN(c2ccc(S(N)(=O)=O)cc2[N+](=O)[O-])CCO1. The van der Waals surface area contributed by atoms with Gasteiger partial charge in [0.2, 0.25) is 10.0 Å². The third-order valence-electron chi connectivity index (χ3n) is 3.90. The molecule has 0 aliphatic carbocycles. The average Bonchev–Trinajstić information content (AvgIpc) is 2.45. The first kappa shape index (κ1) is 16.7. The Morgan fingerprint density at radius 2 is 2.18 bits per heavy atom. The number of sulfonamides is 1. The van der Waals surface area contributed by atoms with Crippen LogP contribution in [0.2, 0.25) is 0 Å². The van der Waals surface area contributed by atoms with Crippen LogP contribution in [-0.2, 0) is 14.8 Å². The number of morpholine rings is 1. The number of nitro groups is 1. The molecule has 1 saturated heterocycles. The number of nitro benzene ring substituents is 1. The van der Waals surface area contributed by atoms with E-state index in [0.29, 0.717) is 25.4 Å². The Morgan fingerprint density at radius 3 is 2.73 bits per heavy atom. The maximum atomic E-state index is 11.4. The summed E-state index contributed by atoms with van der Waals surface area (Å²) in [6, 6.07) is 3.72. The summed E-state index contributed by atoms with van der Waals surface area (Å²) in [5, 5.41) is 16.3. The van der Waals surface area contributed by atoms with Crippen molar-refractivity contribution in [2.24, 2.45) is 5.14 Å². The first-order valence-electron chi connectivity index (χ1n) is 6.86. The largest absolute Gasteiger partial charge is 0.372 e. The van der Waals surface area contributed by atoms with Crippen LogP contribution in [0.5, 0.6) is 0 Å². The zero-order valence-corrected chi connectivity index (χ0v) is 13.3. The van der Waals surface area contributed by atoms with Crippen LogP contribution in [0.1, 0.15) is 20.3 Å². The van der Waals surface area contributed by atoms with Crippen molar-refractivity contribution >= 4 is 21.4 Å². The monoisotopic (exact) mass is 329 g/mol. The molecule has 0 spiro atoms. The van der Waals surface area contributed by atoms with E-state index in [2.05, 4.69) is 0 Å². The van der Waals surface area contributed by atoms with Gasteiger partial charge in [0.05, 0.1) is 22.0 Å². The fraction of sp³-hybridized carbons (Fsp3) is 0.538. The lowest BCUT2D eigenvalue weighted by Gasteiger charge is -2.41. The number of ether oxygens (including phenoxy) is 1. The summed E-state index contributed by atoms with van der Waals surface area (Å²) in [5.41, 5.74) is -0.280. The van der Waals surface area contributed by atoms with Gasteiger partial charge >= 0.3 is 0 Å². The van der Waals surface area contributed by atoms with Gasteiger partial charge in [-0.2, -0.15) is 0 Å². The molecule has 9 heteroatoms. The molecular weight excluding hydrogens is 310 g/mol. The second kappa shape index (κ2) is 5.82. The second-order valence-electron chi connectivity index (χ2n) is 5.53. The molecule has 8 nitrogen and oxygen atoms in total. The number of nitrogens with zero attached hydrogens (tertiary/aromatic N) is 2. The molecule has 1 fully saturated rings. The van der Waals surface area contributed by atoms with Crippen molar-refractivity contribution in [3.8, 4) is 0 Å². The van der Waals surface area contributed by atoms with E-state index in [1.54, 1.807) is 0 Å².